The van der Waals surface area contributed by atoms with Crippen LogP contribution in [0.4, 0.5) is 0 Å². The molecule has 0 bridgehead atoms. The van der Waals surface area contributed by atoms with Crippen LogP contribution in [0.3, 0.4) is 0 Å². The molecular weight excluding hydrogens is 96.2 g/mol. The topological polar surface area (TPSA) is 9.23 Å². The third-order valence-electron chi connectivity index (χ3n) is 0.102. The Hall–Kier alpha value is 0.394. The molecule has 1 nitrogen and oxygen atoms in total. The number of rotatable bonds is 2. The first-order valence-corrected chi connectivity index (χ1v) is 2.72. The van der Waals surface area contributed by atoms with Crippen molar-refractivity contribution >= 4 is 19.3 Å². The van der Waals surface area contributed by atoms with E-state index in [1.807, 2.05) is 0 Å². The van der Waals surface area contributed by atoms with E-state index in [0.717, 1.165) is 0 Å². The minimum atomic E-state index is -5.04. The predicted octanol–water partition coefficient (Wildman–Crippen LogP) is -0.733. The highest BCUT2D eigenvalue weighted by molar-refractivity contribution is 6.52. The van der Waals surface area contributed by atoms with Crippen molar-refractivity contribution in [3.05, 3.63) is 0 Å². The molecule has 0 fully saturated rings. The molecule has 0 amide bonds. The van der Waals surface area contributed by atoms with Gasteiger partial charge in [-0.3, -0.25) is 0 Å². The normalized spacial score (nSPS) is 48.8. The molecule has 0 aliphatic heterocycles. The van der Waals surface area contributed by atoms with Crippen molar-refractivity contribution in [2.75, 3.05) is 0 Å². The standard InChI is InChI=1S/C2H10OSi2/c1-5(2)3-4/h5H,1-2,4H3/i1D3,2D3,4D3,5D. The molecule has 0 saturated heterocycles. The molecule has 0 N–H and O–H groups in total. The van der Waals surface area contributed by atoms with Crippen molar-refractivity contribution in [2.24, 2.45) is 0 Å². The maximum Gasteiger partial charge on any atom is 0.156 e. The number of hydrogen-bond donors (Lipinski definition) is 0. The third kappa shape index (κ3) is 4.39. The van der Waals surface area contributed by atoms with Gasteiger partial charge in [0.1, 0.15) is 10.3 Å². The number of hydrogen-bond acceptors (Lipinski definition) is 1. The van der Waals surface area contributed by atoms with Gasteiger partial charge in [-0.25, -0.2) is 0 Å². The van der Waals surface area contributed by atoms with E-state index >= 15 is 0 Å². The molecule has 32 valence electrons. The minimum absolute atomic E-state index is 3.21. The largest absolute Gasteiger partial charge is 0.466 e. The second-order valence-corrected chi connectivity index (χ2v) is 1.91. The summed E-state index contributed by atoms with van der Waals surface area (Å²) in [6.45, 7) is -6.42. The maximum atomic E-state index is 7.35. The first-order valence-electron chi connectivity index (χ1n) is 5.91. The van der Waals surface area contributed by atoms with Gasteiger partial charge >= 0.3 is 0 Å². The minimum Gasteiger partial charge on any atom is -0.466 e. The Morgan fingerprint density at radius 1 is 2.40 bits per heavy atom. The van der Waals surface area contributed by atoms with Gasteiger partial charge in [0.2, 0.25) is 0 Å². The van der Waals surface area contributed by atoms with Gasteiger partial charge in [-0.1, -0.05) is 0 Å². The van der Waals surface area contributed by atoms with E-state index in [4.69, 9.17) is 13.2 Å². The van der Waals surface area contributed by atoms with Crippen molar-refractivity contribution in [3.63, 3.8) is 0 Å². The summed E-state index contributed by atoms with van der Waals surface area (Å²) in [5.74, 6) is 0. The summed E-state index contributed by atoms with van der Waals surface area (Å²) in [5.41, 5.74) is 0. The average molecular weight is 116 g/mol. The van der Waals surface area contributed by atoms with E-state index in [1.165, 1.54) is 0 Å². The fraction of sp³-hybridized carbons (Fsp3) is 1.00. The fourth-order valence-corrected chi connectivity index (χ4v) is 0. The van der Waals surface area contributed by atoms with Crippen LogP contribution in [0.25, 0.3) is 0 Å². The van der Waals surface area contributed by atoms with Crippen molar-refractivity contribution in [1.29, 1.82) is 4.94 Å². The molecule has 0 radical (unpaired) electrons. The smallest absolute Gasteiger partial charge is 0.156 e. The monoisotopic (exact) mass is 116 g/mol. The van der Waals surface area contributed by atoms with Crippen LogP contribution < -0.4 is 0 Å². The summed E-state index contributed by atoms with van der Waals surface area (Å²) >= 11 is 0. The highest BCUT2D eigenvalue weighted by Crippen LogP contribution is 1.72. The Morgan fingerprint density at radius 3 is 3.40 bits per heavy atom. The Kier molecular flexibility index (Phi) is 0.263. The lowest BCUT2D eigenvalue weighted by molar-refractivity contribution is 0.647. The zero-order valence-electron chi connectivity index (χ0n) is 12.4. The van der Waals surface area contributed by atoms with Crippen LogP contribution in [0.15, 0.2) is 0 Å². The van der Waals surface area contributed by atoms with Crippen LogP contribution in [-0.4, -0.2) is 24.2 Å². The first kappa shape index (κ1) is 0.503. The van der Waals surface area contributed by atoms with Crippen LogP contribution in [0.1, 0.15) is 8.22 Å². The maximum absolute atomic E-state index is 7.35. The molecule has 0 aromatic rings. The van der Waals surface area contributed by atoms with Crippen molar-refractivity contribution < 1.29 is 12.3 Å². The predicted molar refractivity (Wildman–Crippen MR) is 29.9 cm³/mol. The van der Waals surface area contributed by atoms with Crippen LogP contribution in [0.5, 0.6) is 0 Å². The van der Waals surface area contributed by atoms with Crippen LogP contribution in [0, 0.1) is 0 Å². The molecular formula is C2H10OSi2. The molecule has 0 spiro atoms. The Labute approximate surface area is 50.9 Å². The van der Waals surface area contributed by atoms with E-state index < -0.39 is 32.2 Å². The van der Waals surface area contributed by atoms with E-state index in [2.05, 4.69) is 4.12 Å². The lowest BCUT2D eigenvalue weighted by Gasteiger charge is -1.93. The molecule has 0 aliphatic rings. The molecule has 0 aromatic carbocycles. The molecule has 0 rings (SSSR count). The average Bonchev–Trinajstić information content (AvgIpc) is 1.77. The molecule has 0 aliphatic carbocycles. The van der Waals surface area contributed by atoms with Crippen LogP contribution in [-0.2, 0) is 4.12 Å². The highest BCUT2D eigenvalue weighted by atomic mass is 28.3. The van der Waals surface area contributed by atoms with Gasteiger partial charge in [0.05, 0.1) is 0 Å². The van der Waals surface area contributed by atoms with Gasteiger partial charge < -0.3 is 4.12 Å². The molecule has 0 atom stereocenters. The van der Waals surface area contributed by atoms with Gasteiger partial charge in [0.25, 0.3) is 0 Å². The van der Waals surface area contributed by atoms with Crippen molar-refractivity contribution in [2.45, 2.75) is 13.0 Å². The summed E-state index contributed by atoms with van der Waals surface area (Å²) < 4.78 is 73.5. The summed E-state index contributed by atoms with van der Waals surface area (Å²) in [6, 6.07) is 0. The molecule has 0 saturated carbocycles. The van der Waals surface area contributed by atoms with Crippen molar-refractivity contribution in [1.82, 2.24) is 0 Å². The highest BCUT2D eigenvalue weighted by Gasteiger charge is 1.82. The zero-order valence-corrected chi connectivity index (χ0v) is 4.41. The molecule has 0 heterocycles. The zero-order chi connectivity index (χ0) is 12.7. The lowest BCUT2D eigenvalue weighted by atomic mass is 11.9. The Bertz CT molecular complexity index is 209. The van der Waals surface area contributed by atoms with Crippen molar-refractivity contribution in [3.8, 4) is 0 Å². The Morgan fingerprint density at radius 2 is 3.20 bits per heavy atom. The van der Waals surface area contributed by atoms with E-state index in [-0.39, 0.29) is 0 Å². The van der Waals surface area contributed by atoms with Gasteiger partial charge in [0.15, 0.2) is 8.97 Å². The van der Waals surface area contributed by atoms with Gasteiger partial charge in [-0.05, 0) is 13.0 Å². The van der Waals surface area contributed by atoms with Gasteiger partial charge in [-0.2, -0.15) is 0 Å². The third-order valence-corrected chi connectivity index (χ3v) is 0.919. The summed E-state index contributed by atoms with van der Waals surface area (Å²) in [7, 11) is -9.65. The summed E-state index contributed by atoms with van der Waals surface area (Å²) in [4.78, 5) is 0. The summed E-state index contributed by atoms with van der Waals surface area (Å²) in [6.07, 6.45) is 0. The lowest BCUT2D eigenvalue weighted by Crippen LogP contribution is -2.02. The SMILES string of the molecule is [2H]C([2H])([2H])[Si]([2H])(O[Si]([2H])([2H])[2H])C([2H])([2H])[2H]. The molecule has 0 unspecified atom stereocenters. The van der Waals surface area contributed by atoms with E-state index in [0.29, 0.717) is 0 Å². The first-order chi connectivity index (χ1) is 6.21. The Balaban J connectivity index is 5.26. The second kappa shape index (κ2) is 2.62. The quantitative estimate of drug-likeness (QED) is 0.432. The van der Waals surface area contributed by atoms with E-state index in [1.54, 1.807) is 0 Å². The summed E-state index contributed by atoms with van der Waals surface area (Å²) in [5, 5.41) is 0. The van der Waals surface area contributed by atoms with Gasteiger partial charge in [0, 0.05) is 13.2 Å². The van der Waals surface area contributed by atoms with Crippen LogP contribution >= 0.6 is 0 Å². The second-order valence-electron chi connectivity index (χ2n) is 0.431. The molecule has 5 heavy (non-hydrogen) atoms. The van der Waals surface area contributed by atoms with Gasteiger partial charge in [-0.15, -0.1) is 0 Å². The molecule has 3 heteroatoms. The van der Waals surface area contributed by atoms with E-state index in [9.17, 15) is 0 Å². The van der Waals surface area contributed by atoms with Crippen LogP contribution in [0.2, 0.25) is 13.0 Å². The molecule has 0 aromatic heterocycles. The fourth-order valence-electron chi connectivity index (χ4n) is 0.